The highest BCUT2D eigenvalue weighted by atomic mass is 32.1. The van der Waals surface area contributed by atoms with Crippen molar-refractivity contribution in [3.05, 3.63) is 10.6 Å². The summed E-state index contributed by atoms with van der Waals surface area (Å²) in [7, 11) is 2.19. The van der Waals surface area contributed by atoms with E-state index in [4.69, 9.17) is 4.98 Å². The molecule has 1 aromatic rings. The summed E-state index contributed by atoms with van der Waals surface area (Å²) >= 11 is 1.89. The Labute approximate surface area is 134 Å². The number of thiazole rings is 1. The highest BCUT2D eigenvalue weighted by molar-refractivity contribution is 7.15. The number of unbranched alkanes of at least 4 members (excludes halogenated alkanes) is 2. The molecule has 0 radical (unpaired) electrons. The Bertz CT molecular complexity index is 426. The van der Waals surface area contributed by atoms with E-state index in [0.29, 0.717) is 5.92 Å². The average Bonchev–Trinajstić information content (AvgIpc) is 3.22. The van der Waals surface area contributed by atoms with Crippen LogP contribution in [0.25, 0.3) is 0 Å². The molecule has 0 amide bonds. The SMILES string of the molecule is CCCCCN(C)c1nc(C(C)CC)c(CNC2CC2)s1. The fourth-order valence-electron chi connectivity index (χ4n) is 2.44. The van der Waals surface area contributed by atoms with Crippen LogP contribution in [0.2, 0.25) is 0 Å². The lowest BCUT2D eigenvalue weighted by Crippen LogP contribution is -2.18. The number of aromatic nitrogens is 1. The van der Waals surface area contributed by atoms with Crippen LogP contribution in [-0.4, -0.2) is 24.6 Å². The van der Waals surface area contributed by atoms with Crippen LogP contribution in [0, 0.1) is 0 Å². The third-order valence-corrected chi connectivity index (χ3v) is 5.53. The lowest BCUT2D eigenvalue weighted by molar-refractivity contribution is 0.659. The molecule has 2 rings (SSSR count). The zero-order valence-corrected chi connectivity index (χ0v) is 14.9. The zero-order chi connectivity index (χ0) is 15.2. The topological polar surface area (TPSA) is 28.2 Å². The Hall–Kier alpha value is -0.610. The number of hydrogen-bond acceptors (Lipinski definition) is 4. The lowest BCUT2D eigenvalue weighted by atomic mass is 10.0. The molecule has 120 valence electrons. The zero-order valence-electron chi connectivity index (χ0n) is 14.1. The van der Waals surface area contributed by atoms with Gasteiger partial charge in [0.2, 0.25) is 0 Å². The quantitative estimate of drug-likeness (QED) is 0.643. The maximum atomic E-state index is 4.96. The van der Waals surface area contributed by atoms with E-state index >= 15 is 0 Å². The standard InChI is InChI=1S/C17H31N3S/c1-5-7-8-11-20(4)17-19-16(13(3)6-2)15(21-17)12-18-14-9-10-14/h13-14,18H,5-12H2,1-4H3. The molecule has 1 aliphatic rings. The molecular weight excluding hydrogens is 278 g/mol. The molecule has 0 saturated heterocycles. The maximum absolute atomic E-state index is 4.96. The monoisotopic (exact) mass is 309 g/mol. The molecule has 1 aromatic heterocycles. The third-order valence-electron chi connectivity index (χ3n) is 4.35. The largest absolute Gasteiger partial charge is 0.351 e. The Morgan fingerprint density at radius 2 is 2.10 bits per heavy atom. The van der Waals surface area contributed by atoms with Crippen LogP contribution in [0.1, 0.15) is 75.8 Å². The lowest BCUT2D eigenvalue weighted by Gasteiger charge is -2.15. The number of anilines is 1. The summed E-state index contributed by atoms with van der Waals surface area (Å²) in [6.07, 6.45) is 7.72. The van der Waals surface area contributed by atoms with Crippen molar-refractivity contribution >= 4 is 16.5 Å². The van der Waals surface area contributed by atoms with E-state index in [9.17, 15) is 0 Å². The summed E-state index contributed by atoms with van der Waals surface area (Å²) < 4.78 is 0. The smallest absolute Gasteiger partial charge is 0.185 e. The second-order valence-electron chi connectivity index (χ2n) is 6.40. The van der Waals surface area contributed by atoms with Crippen LogP contribution in [0.4, 0.5) is 5.13 Å². The molecule has 1 N–H and O–H groups in total. The number of nitrogens with zero attached hydrogens (tertiary/aromatic N) is 2. The van der Waals surface area contributed by atoms with Gasteiger partial charge in [-0.1, -0.05) is 33.6 Å². The molecule has 4 heteroatoms. The number of hydrogen-bond donors (Lipinski definition) is 1. The van der Waals surface area contributed by atoms with Crippen LogP contribution in [0.5, 0.6) is 0 Å². The minimum atomic E-state index is 0.565. The van der Waals surface area contributed by atoms with Crippen molar-refractivity contribution in [3.8, 4) is 0 Å². The molecule has 0 spiro atoms. The van der Waals surface area contributed by atoms with E-state index in [1.807, 2.05) is 11.3 Å². The highest BCUT2D eigenvalue weighted by Crippen LogP contribution is 2.32. The first kappa shape index (κ1) is 16.8. The van der Waals surface area contributed by atoms with E-state index in [2.05, 4.69) is 38.0 Å². The molecular formula is C17H31N3S. The van der Waals surface area contributed by atoms with Gasteiger partial charge in [0.25, 0.3) is 0 Å². The van der Waals surface area contributed by atoms with Gasteiger partial charge in [0.15, 0.2) is 5.13 Å². The minimum Gasteiger partial charge on any atom is -0.351 e. The minimum absolute atomic E-state index is 0.565. The van der Waals surface area contributed by atoms with Gasteiger partial charge in [0, 0.05) is 31.1 Å². The van der Waals surface area contributed by atoms with Gasteiger partial charge in [-0.2, -0.15) is 0 Å². The normalized spacial score (nSPS) is 16.2. The number of nitrogens with one attached hydrogen (secondary N) is 1. The Balaban J connectivity index is 2.02. The molecule has 1 unspecified atom stereocenters. The van der Waals surface area contributed by atoms with Crippen molar-refractivity contribution in [2.24, 2.45) is 0 Å². The van der Waals surface area contributed by atoms with E-state index < -0.39 is 0 Å². The van der Waals surface area contributed by atoms with E-state index in [0.717, 1.165) is 19.1 Å². The van der Waals surface area contributed by atoms with Crippen LogP contribution in [0.15, 0.2) is 0 Å². The fourth-order valence-corrected chi connectivity index (χ4v) is 3.56. The van der Waals surface area contributed by atoms with Gasteiger partial charge in [0.1, 0.15) is 0 Å². The summed E-state index contributed by atoms with van der Waals surface area (Å²) in [5.41, 5.74) is 1.33. The summed E-state index contributed by atoms with van der Waals surface area (Å²) in [6, 6.07) is 0.766. The first-order chi connectivity index (χ1) is 10.2. The third kappa shape index (κ3) is 4.96. The van der Waals surface area contributed by atoms with Gasteiger partial charge in [-0.15, -0.1) is 11.3 Å². The van der Waals surface area contributed by atoms with Crippen molar-refractivity contribution in [1.29, 1.82) is 0 Å². The van der Waals surface area contributed by atoms with Crippen molar-refractivity contribution < 1.29 is 0 Å². The molecule has 0 bridgehead atoms. The first-order valence-electron chi connectivity index (χ1n) is 8.59. The van der Waals surface area contributed by atoms with Gasteiger partial charge >= 0.3 is 0 Å². The van der Waals surface area contributed by atoms with Gasteiger partial charge in [-0.05, 0) is 31.6 Å². The van der Waals surface area contributed by atoms with Crippen LogP contribution >= 0.6 is 11.3 Å². The first-order valence-corrected chi connectivity index (χ1v) is 9.41. The Morgan fingerprint density at radius 1 is 1.33 bits per heavy atom. The van der Waals surface area contributed by atoms with Crippen LogP contribution in [-0.2, 0) is 6.54 Å². The van der Waals surface area contributed by atoms with Gasteiger partial charge in [-0.3, -0.25) is 0 Å². The molecule has 0 aliphatic heterocycles. The average molecular weight is 310 g/mol. The van der Waals surface area contributed by atoms with E-state index in [-0.39, 0.29) is 0 Å². The van der Waals surface area contributed by atoms with Crippen molar-refractivity contribution in [2.45, 2.75) is 77.8 Å². The van der Waals surface area contributed by atoms with Crippen LogP contribution < -0.4 is 10.2 Å². The molecule has 3 nitrogen and oxygen atoms in total. The molecule has 0 aromatic carbocycles. The molecule has 1 heterocycles. The van der Waals surface area contributed by atoms with Gasteiger partial charge < -0.3 is 10.2 Å². The van der Waals surface area contributed by atoms with Crippen molar-refractivity contribution in [2.75, 3.05) is 18.5 Å². The molecule has 1 atom stereocenters. The molecule has 1 fully saturated rings. The highest BCUT2D eigenvalue weighted by Gasteiger charge is 2.23. The molecule has 1 saturated carbocycles. The van der Waals surface area contributed by atoms with Gasteiger partial charge in [0.05, 0.1) is 5.69 Å². The van der Waals surface area contributed by atoms with E-state index in [1.165, 1.54) is 54.2 Å². The molecule has 21 heavy (non-hydrogen) atoms. The van der Waals surface area contributed by atoms with E-state index in [1.54, 1.807) is 0 Å². The predicted molar refractivity (Wildman–Crippen MR) is 93.5 cm³/mol. The number of rotatable bonds is 10. The summed E-state index contributed by atoms with van der Waals surface area (Å²) in [6.45, 7) is 8.94. The van der Waals surface area contributed by atoms with Gasteiger partial charge in [-0.25, -0.2) is 4.98 Å². The Morgan fingerprint density at radius 3 is 2.71 bits per heavy atom. The second-order valence-corrected chi connectivity index (χ2v) is 7.46. The summed E-state index contributed by atoms with van der Waals surface area (Å²) in [5.74, 6) is 0.565. The van der Waals surface area contributed by atoms with Crippen molar-refractivity contribution in [1.82, 2.24) is 10.3 Å². The molecule has 1 aliphatic carbocycles. The summed E-state index contributed by atoms with van der Waals surface area (Å²) in [4.78, 5) is 8.75. The van der Waals surface area contributed by atoms with Crippen molar-refractivity contribution in [3.63, 3.8) is 0 Å². The second kappa shape index (κ2) is 8.14. The maximum Gasteiger partial charge on any atom is 0.185 e. The Kier molecular flexibility index (Phi) is 6.49. The summed E-state index contributed by atoms with van der Waals surface area (Å²) in [5, 5.41) is 4.85. The van der Waals surface area contributed by atoms with Crippen LogP contribution in [0.3, 0.4) is 0 Å². The fraction of sp³-hybridized carbons (Fsp3) is 0.824. The predicted octanol–water partition coefficient (Wildman–Crippen LogP) is 4.54.